The zero-order valence-electron chi connectivity index (χ0n) is 15.2. The van der Waals surface area contributed by atoms with Gasteiger partial charge in [-0.25, -0.2) is 4.42 Å². The standard InChI is InChI=1S/C23H24ClNO/c1-23(2,18-25(24)17-19-9-5-3-6-10-19)20-13-15-22(16-14-20)26-21-11-7-4-8-12-21/h3-16H,17-18H2,1-2H3. The SMILES string of the molecule is CC(C)(CN(Cl)Cc1ccccc1)c1ccc(Oc2ccccc2)cc1. The summed E-state index contributed by atoms with van der Waals surface area (Å²) in [5, 5.41) is 0. The van der Waals surface area contributed by atoms with Crippen LogP contribution in [0, 0.1) is 0 Å². The molecule has 134 valence electrons. The highest BCUT2D eigenvalue weighted by molar-refractivity contribution is 6.13. The average Bonchev–Trinajstić information content (AvgIpc) is 2.63. The monoisotopic (exact) mass is 365 g/mol. The third-order valence-corrected chi connectivity index (χ3v) is 4.62. The molecule has 0 aliphatic heterocycles. The Morgan fingerprint density at radius 1 is 0.769 bits per heavy atom. The number of ether oxygens (including phenoxy) is 1. The zero-order valence-corrected chi connectivity index (χ0v) is 16.0. The number of para-hydroxylation sites is 1. The van der Waals surface area contributed by atoms with E-state index in [-0.39, 0.29) is 5.41 Å². The van der Waals surface area contributed by atoms with Crippen LogP contribution in [0.5, 0.6) is 11.5 Å². The van der Waals surface area contributed by atoms with Crippen molar-refractivity contribution in [3.63, 3.8) is 0 Å². The van der Waals surface area contributed by atoms with Crippen molar-refractivity contribution in [2.45, 2.75) is 25.8 Å². The Bertz CT molecular complexity index is 801. The van der Waals surface area contributed by atoms with Crippen molar-refractivity contribution in [3.8, 4) is 11.5 Å². The maximum atomic E-state index is 6.50. The van der Waals surface area contributed by atoms with Crippen LogP contribution in [0.1, 0.15) is 25.0 Å². The first kappa shape index (κ1) is 18.5. The van der Waals surface area contributed by atoms with Crippen LogP contribution < -0.4 is 4.74 Å². The molecule has 0 heterocycles. The molecule has 0 saturated heterocycles. The number of hydrogen-bond acceptors (Lipinski definition) is 2. The lowest BCUT2D eigenvalue weighted by molar-refractivity contribution is 0.345. The maximum Gasteiger partial charge on any atom is 0.127 e. The molecule has 0 radical (unpaired) electrons. The summed E-state index contributed by atoms with van der Waals surface area (Å²) in [6.07, 6.45) is 0. The summed E-state index contributed by atoms with van der Waals surface area (Å²) >= 11 is 6.50. The maximum absolute atomic E-state index is 6.50. The molecule has 0 aromatic heterocycles. The van der Waals surface area contributed by atoms with Crippen molar-refractivity contribution in [2.75, 3.05) is 6.54 Å². The highest BCUT2D eigenvalue weighted by Gasteiger charge is 2.23. The van der Waals surface area contributed by atoms with Gasteiger partial charge in [0.05, 0.1) is 0 Å². The Labute approximate surface area is 161 Å². The van der Waals surface area contributed by atoms with Gasteiger partial charge in [-0.1, -0.05) is 74.5 Å². The lowest BCUT2D eigenvalue weighted by atomic mass is 9.84. The minimum atomic E-state index is -0.0677. The molecule has 3 aromatic carbocycles. The summed E-state index contributed by atoms with van der Waals surface area (Å²) in [5.41, 5.74) is 2.38. The van der Waals surface area contributed by atoms with Gasteiger partial charge in [-0.05, 0) is 47.2 Å². The number of rotatable bonds is 7. The second kappa shape index (κ2) is 8.39. The van der Waals surface area contributed by atoms with Gasteiger partial charge < -0.3 is 4.74 Å². The fourth-order valence-corrected chi connectivity index (χ4v) is 3.39. The Kier molecular flexibility index (Phi) is 5.97. The van der Waals surface area contributed by atoms with E-state index >= 15 is 0 Å². The van der Waals surface area contributed by atoms with Crippen molar-refractivity contribution in [1.82, 2.24) is 4.42 Å². The Morgan fingerprint density at radius 2 is 1.31 bits per heavy atom. The third-order valence-electron chi connectivity index (χ3n) is 4.38. The Balaban J connectivity index is 1.63. The summed E-state index contributed by atoms with van der Waals surface area (Å²) in [6.45, 7) is 5.89. The first-order chi connectivity index (χ1) is 12.5. The minimum absolute atomic E-state index is 0.0677. The first-order valence-corrected chi connectivity index (χ1v) is 9.15. The van der Waals surface area contributed by atoms with Crippen LogP contribution in [-0.4, -0.2) is 11.0 Å². The second-order valence-corrected chi connectivity index (χ2v) is 7.57. The fourth-order valence-electron chi connectivity index (χ4n) is 2.96. The van der Waals surface area contributed by atoms with Crippen molar-refractivity contribution in [1.29, 1.82) is 0 Å². The molecule has 0 atom stereocenters. The third kappa shape index (κ3) is 5.10. The van der Waals surface area contributed by atoms with Crippen LogP contribution >= 0.6 is 11.8 Å². The topological polar surface area (TPSA) is 12.5 Å². The molecule has 0 bridgehead atoms. The molecule has 2 nitrogen and oxygen atoms in total. The largest absolute Gasteiger partial charge is 0.457 e. The van der Waals surface area contributed by atoms with E-state index in [0.29, 0.717) is 0 Å². The van der Waals surface area contributed by atoms with E-state index in [1.165, 1.54) is 11.1 Å². The van der Waals surface area contributed by atoms with Gasteiger partial charge in [0.2, 0.25) is 0 Å². The molecular formula is C23H24ClNO. The van der Waals surface area contributed by atoms with Gasteiger partial charge in [0, 0.05) is 18.5 Å². The molecule has 0 spiro atoms. The van der Waals surface area contributed by atoms with Gasteiger partial charge in [-0.15, -0.1) is 0 Å². The number of hydrogen-bond donors (Lipinski definition) is 0. The first-order valence-electron chi connectivity index (χ1n) is 8.81. The molecule has 0 amide bonds. The fraction of sp³-hybridized carbons (Fsp3) is 0.217. The average molecular weight is 366 g/mol. The van der Waals surface area contributed by atoms with Crippen molar-refractivity contribution >= 4 is 11.8 Å². The quantitative estimate of drug-likeness (QED) is 0.448. The van der Waals surface area contributed by atoms with Gasteiger partial charge in [0.15, 0.2) is 0 Å². The molecule has 0 fully saturated rings. The molecule has 0 N–H and O–H groups in total. The van der Waals surface area contributed by atoms with Gasteiger partial charge in [-0.3, -0.25) is 0 Å². The van der Waals surface area contributed by atoms with E-state index in [9.17, 15) is 0 Å². The lowest BCUT2D eigenvalue weighted by Gasteiger charge is -2.29. The minimum Gasteiger partial charge on any atom is -0.457 e. The zero-order chi connectivity index (χ0) is 18.4. The van der Waals surface area contributed by atoms with Crippen LogP contribution in [0.15, 0.2) is 84.9 Å². The van der Waals surface area contributed by atoms with E-state index in [0.717, 1.165) is 24.6 Å². The smallest absolute Gasteiger partial charge is 0.127 e. The van der Waals surface area contributed by atoms with E-state index in [1.807, 2.05) is 65.1 Å². The molecular weight excluding hydrogens is 342 g/mol. The Morgan fingerprint density at radius 3 is 1.92 bits per heavy atom. The van der Waals surface area contributed by atoms with Gasteiger partial charge >= 0.3 is 0 Å². The number of benzene rings is 3. The van der Waals surface area contributed by atoms with Crippen molar-refractivity contribution in [3.05, 3.63) is 96.1 Å². The summed E-state index contributed by atoms with van der Waals surface area (Å²) in [6, 6.07) is 28.4. The normalized spacial score (nSPS) is 11.5. The van der Waals surface area contributed by atoms with Crippen LogP contribution in [0.4, 0.5) is 0 Å². The molecule has 3 aromatic rings. The molecule has 3 heteroatoms. The highest BCUT2D eigenvalue weighted by Crippen LogP contribution is 2.29. The summed E-state index contributed by atoms with van der Waals surface area (Å²) in [7, 11) is 0. The molecule has 0 aliphatic rings. The highest BCUT2D eigenvalue weighted by atomic mass is 35.5. The number of halogens is 1. The Hall–Kier alpha value is -2.29. The van der Waals surface area contributed by atoms with Crippen molar-refractivity contribution < 1.29 is 4.74 Å². The molecule has 0 aliphatic carbocycles. The van der Waals surface area contributed by atoms with Crippen LogP contribution in [0.3, 0.4) is 0 Å². The number of nitrogens with zero attached hydrogens (tertiary/aromatic N) is 1. The second-order valence-electron chi connectivity index (χ2n) is 7.09. The van der Waals surface area contributed by atoms with Crippen molar-refractivity contribution in [2.24, 2.45) is 0 Å². The van der Waals surface area contributed by atoms with E-state index in [2.05, 4.69) is 38.1 Å². The van der Waals surface area contributed by atoms with Gasteiger partial charge in [-0.2, -0.15) is 0 Å². The molecule has 3 rings (SSSR count). The van der Waals surface area contributed by atoms with Gasteiger partial charge in [0.1, 0.15) is 11.5 Å². The van der Waals surface area contributed by atoms with E-state index < -0.39 is 0 Å². The van der Waals surface area contributed by atoms with E-state index in [4.69, 9.17) is 16.5 Å². The summed E-state index contributed by atoms with van der Waals surface area (Å²) in [4.78, 5) is 0. The molecule has 0 unspecified atom stereocenters. The van der Waals surface area contributed by atoms with Crippen LogP contribution in [0.25, 0.3) is 0 Å². The van der Waals surface area contributed by atoms with Gasteiger partial charge in [0.25, 0.3) is 0 Å². The predicted molar refractivity (Wildman–Crippen MR) is 109 cm³/mol. The predicted octanol–water partition coefficient (Wildman–Crippen LogP) is 6.41. The van der Waals surface area contributed by atoms with Crippen LogP contribution in [0.2, 0.25) is 0 Å². The van der Waals surface area contributed by atoms with E-state index in [1.54, 1.807) is 0 Å². The molecule has 0 saturated carbocycles. The molecule has 26 heavy (non-hydrogen) atoms. The summed E-state index contributed by atoms with van der Waals surface area (Å²) < 4.78 is 7.72. The lowest BCUT2D eigenvalue weighted by Crippen LogP contribution is -2.31. The van der Waals surface area contributed by atoms with Crippen LogP contribution in [-0.2, 0) is 12.0 Å². The summed E-state index contributed by atoms with van der Waals surface area (Å²) in [5.74, 6) is 1.68.